The molecular formula is C19H29FIN3O3. The molecule has 152 valence electrons. The molecule has 1 saturated heterocycles. The minimum absolute atomic E-state index is 0.131. The Morgan fingerprint density at radius 2 is 2.04 bits per heavy atom. The summed E-state index contributed by atoms with van der Waals surface area (Å²) in [4.78, 5) is 20.3. The third kappa shape index (κ3) is 6.74. The molecule has 0 saturated carbocycles. The van der Waals surface area contributed by atoms with Crippen molar-refractivity contribution in [2.24, 2.45) is 0 Å². The predicted octanol–water partition coefficient (Wildman–Crippen LogP) is 4.04. The number of pyridine rings is 1. The van der Waals surface area contributed by atoms with Crippen molar-refractivity contribution in [1.82, 2.24) is 14.8 Å². The van der Waals surface area contributed by atoms with Crippen molar-refractivity contribution in [3.63, 3.8) is 0 Å². The molecule has 0 N–H and O–H groups in total. The molecular weight excluding hydrogens is 464 g/mol. The van der Waals surface area contributed by atoms with Crippen LogP contribution in [-0.2, 0) is 4.74 Å². The van der Waals surface area contributed by atoms with Crippen LogP contribution in [0.15, 0.2) is 12.3 Å². The normalized spacial score (nSPS) is 17.1. The molecule has 0 spiro atoms. The lowest BCUT2D eigenvalue weighted by atomic mass is 9.92. The zero-order valence-electron chi connectivity index (χ0n) is 16.7. The van der Waals surface area contributed by atoms with E-state index in [2.05, 4.69) is 27.6 Å². The van der Waals surface area contributed by atoms with Gasteiger partial charge in [0.15, 0.2) is 0 Å². The van der Waals surface area contributed by atoms with Crippen LogP contribution in [0, 0.1) is 5.82 Å². The highest BCUT2D eigenvalue weighted by Gasteiger charge is 2.29. The highest BCUT2D eigenvalue weighted by Crippen LogP contribution is 2.33. The number of halogens is 2. The molecule has 1 atom stereocenters. The highest BCUT2D eigenvalue weighted by molar-refractivity contribution is 14.1. The summed E-state index contributed by atoms with van der Waals surface area (Å²) in [5.41, 5.74) is 0.262. The van der Waals surface area contributed by atoms with Gasteiger partial charge in [-0.25, -0.2) is 9.18 Å². The molecule has 27 heavy (non-hydrogen) atoms. The van der Waals surface area contributed by atoms with Gasteiger partial charge in [-0.15, -0.1) is 0 Å². The second kappa shape index (κ2) is 9.36. The van der Waals surface area contributed by atoms with Crippen molar-refractivity contribution >= 4 is 28.7 Å². The first-order valence-electron chi connectivity index (χ1n) is 9.13. The van der Waals surface area contributed by atoms with Crippen molar-refractivity contribution in [2.45, 2.75) is 49.2 Å². The summed E-state index contributed by atoms with van der Waals surface area (Å²) in [7, 11) is 3.94. The fourth-order valence-corrected chi connectivity index (χ4v) is 3.00. The number of carbonyl (C=O) groups excluding carboxylic acids is 1. The van der Waals surface area contributed by atoms with E-state index in [1.165, 1.54) is 12.3 Å². The molecule has 2 rings (SSSR count). The average molecular weight is 493 g/mol. The number of aromatic nitrogens is 1. The summed E-state index contributed by atoms with van der Waals surface area (Å²) in [6.07, 6.45) is 2.43. The van der Waals surface area contributed by atoms with E-state index in [9.17, 15) is 9.18 Å². The lowest BCUT2D eigenvalue weighted by molar-refractivity contribution is 0.0203. The van der Waals surface area contributed by atoms with Gasteiger partial charge in [0.2, 0.25) is 0 Å². The SMILES string of the molecule is CN(C)[C@H](I)COc1cc(F)cnc1C1CCN(C(=O)OC(C)(C)C)CC1. The number of nitrogens with zero attached hydrogens (tertiary/aromatic N) is 3. The average Bonchev–Trinajstić information content (AvgIpc) is 2.58. The third-order valence-electron chi connectivity index (χ3n) is 4.32. The van der Waals surface area contributed by atoms with E-state index in [4.69, 9.17) is 9.47 Å². The predicted molar refractivity (Wildman–Crippen MR) is 111 cm³/mol. The number of likely N-dealkylation sites (N-methyl/N-ethyl adjacent to an activating group) is 1. The van der Waals surface area contributed by atoms with E-state index in [0.29, 0.717) is 25.4 Å². The summed E-state index contributed by atoms with van der Waals surface area (Å²) >= 11 is 2.28. The number of hydrogen-bond acceptors (Lipinski definition) is 5. The summed E-state index contributed by atoms with van der Waals surface area (Å²) in [5, 5.41) is 0. The molecule has 1 fully saturated rings. The summed E-state index contributed by atoms with van der Waals surface area (Å²) < 4.78 is 25.2. The zero-order chi connectivity index (χ0) is 20.2. The lowest BCUT2D eigenvalue weighted by Gasteiger charge is -2.33. The van der Waals surface area contributed by atoms with Gasteiger partial charge in [0.1, 0.15) is 23.8 Å². The Hall–Kier alpha value is -1.16. The fraction of sp³-hybridized carbons (Fsp3) is 0.684. The first kappa shape index (κ1) is 22.1. The lowest BCUT2D eigenvalue weighted by Crippen LogP contribution is -2.41. The number of amides is 1. The number of alkyl halides is 1. The van der Waals surface area contributed by atoms with Gasteiger partial charge < -0.3 is 14.4 Å². The molecule has 0 aromatic carbocycles. The Kier molecular flexibility index (Phi) is 7.67. The van der Waals surface area contributed by atoms with Gasteiger partial charge in [0.25, 0.3) is 0 Å². The Morgan fingerprint density at radius 3 is 2.59 bits per heavy atom. The Bertz CT molecular complexity index is 644. The van der Waals surface area contributed by atoms with Gasteiger partial charge >= 0.3 is 6.09 Å². The van der Waals surface area contributed by atoms with Crippen LogP contribution in [0.2, 0.25) is 0 Å². The van der Waals surface area contributed by atoms with E-state index in [1.807, 2.05) is 39.8 Å². The molecule has 0 bridgehead atoms. The van der Waals surface area contributed by atoms with Gasteiger partial charge in [-0.05, 0) is 47.7 Å². The number of rotatable bonds is 5. The first-order valence-corrected chi connectivity index (χ1v) is 10.4. The van der Waals surface area contributed by atoms with E-state index < -0.39 is 11.4 Å². The molecule has 1 aliphatic rings. The van der Waals surface area contributed by atoms with Crippen LogP contribution in [-0.4, -0.2) is 64.3 Å². The monoisotopic (exact) mass is 493 g/mol. The van der Waals surface area contributed by atoms with Gasteiger partial charge in [-0.2, -0.15) is 0 Å². The Balaban J connectivity index is 2.02. The zero-order valence-corrected chi connectivity index (χ0v) is 18.8. The molecule has 1 aromatic heterocycles. The molecule has 0 unspecified atom stereocenters. The molecule has 1 aliphatic heterocycles. The van der Waals surface area contributed by atoms with Crippen LogP contribution in [0.3, 0.4) is 0 Å². The number of piperidine rings is 1. The summed E-state index contributed by atoms with van der Waals surface area (Å²) in [6.45, 7) is 7.20. The van der Waals surface area contributed by atoms with Crippen LogP contribution in [0.4, 0.5) is 9.18 Å². The number of hydrogen-bond donors (Lipinski definition) is 0. The van der Waals surface area contributed by atoms with Crippen LogP contribution >= 0.6 is 22.6 Å². The van der Waals surface area contributed by atoms with Crippen LogP contribution < -0.4 is 4.74 Å². The number of ether oxygens (including phenoxy) is 2. The van der Waals surface area contributed by atoms with Gasteiger partial charge in [-0.1, -0.05) is 22.6 Å². The van der Waals surface area contributed by atoms with Crippen molar-refractivity contribution < 1.29 is 18.7 Å². The molecule has 1 amide bonds. The molecule has 2 heterocycles. The Morgan fingerprint density at radius 1 is 1.41 bits per heavy atom. The topological polar surface area (TPSA) is 54.9 Å². The van der Waals surface area contributed by atoms with Gasteiger partial charge in [-0.3, -0.25) is 9.88 Å². The maximum Gasteiger partial charge on any atom is 0.410 e. The first-order chi connectivity index (χ1) is 12.6. The van der Waals surface area contributed by atoms with Crippen molar-refractivity contribution in [2.75, 3.05) is 33.8 Å². The quantitative estimate of drug-likeness (QED) is 0.352. The van der Waals surface area contributed by atoms with E-state index in [-0.39, 0.29) is 16.1 Å². The van der Waals surface area contributed by atoms with Crippen LogP contribution in [0.25, 0.3) is 0 Å². The van der Waals surface area contributed by atoms with E-state index >= 15 is 0 Å². The van der Waals surface area contributed by atoms with Crippen molar-refractivity contribution in [1.29, 1.82) is 0 Å². The van der Waals surface area contributed by atoms with Gasteiger partial charge in [0.05, 0.1) is 15.9 Å². The van der Waals surface area contributed by atoms with Crippen LogP contribution in [0.1, 0.15) is 45.2 Å². The number of carbonyl (C=O) groups is 1. The standard InChI is InChI=1S/C19H29FIN3O3/c1-19(2,3)27-18(25)24-8-6-13(7-9-24)17-15(10-14(20)11-22-17)26-12-16(21)23(4)5/h10-11,13,16H,6-9,12H2,1-5H3/t16-/m0/s1. The largest absolute Gasteiger partial charge is 0.489 e. The highest BCUT2D eigenvalue weighted by atomic mass is 127. The second-order valence-electron chi connectivity index (χ2n) is 7.99. The smallest absolute Gasteiger partial charge is 0.410 e. The van der Waals surface area contributed by atoms with Crippen LogP contribution in [0.5, 0.6) is 5.75 Å². The maximum absolute atomic E-state index is 13.7. The molecule has 6 nitrogen and oxygen atoms in total. The van der Waals surface area contributed by atoms with Gasteiger partial charge in [0, 0.05) is 25.1 Å². The number of likely N-dealkylation sites (tertiary alicyclic amines) is 1. The van der Waals surface area contributed by atoms with Crippen molar-refractivity contribution in [3.05, 3.63) is 23.8 Å². The minimum Gasteiger partial charge on any atom is -0.489 e. The second-order valence-corrected chi connectivity index (χ2v) is 9.43. The molecule has 0 radical (unpaired) electrons. The molecule has 0 aliphatic carbocycles. The van der Waals surface area contributed by atoms with Crippen molar-refractivity contribution in [3.8, 4) is 5.75 Å². The third-order valence-corrected chi connectivity index (χ3v) is 5.79. The van der Waals surface area contributed by atoms with E-state index in [1.54, 1.807) is 4.90 Å². The molecule has 8 heteroatoms. The maximum atomic E-state index is 13.7. The summed E-state index contributed by atoms with van der Waals surface area (Å²) in [6, 6.07) is 1.40. The van der Waals surface area contributed by atoms with E-state index in [0.717, 1.165) is 18.5 Å². The summed E-state index contributed by atoms with van der Waals surface area (Å²) in [5.74, 6) is 0.218. The molecule has 1 aromatic rings. The minimum atomic E-state index is -0.504. The Labute approximate surface area is 174 Å². The fourth-order valence-electron chi connectivity index (χ4n) is 2.82.